The molecule has 0 bridgehead atoms. The quantitative estimate of drug-likeness (QED) is 0.377. The van der Waals surface area contributed by atoms with Gasteiger partial charge in [0.15, 0.2) is 5.65 Å². The Hall–Kier alpha value is -3.32. The molecular weight excluding hydrogens is 392 g/mol. The molecule has 4 aromatic heterocycles. The summed E-state index contributed by atoms with van der Waals surface area (Å²) in [6.07, 6.45) is 5.25. The molecule has 0 unspecified atom stereocenters. The molecule has 6 nitrogen and oxygen atoms in total. The molecule has 4 heterocycles. The van der Waals surface area contributed by atoms with Gasteiger partial charge >= 0.3 is 0 Å². The summed E-state index contributed by atoms with van der Waals surface area (Å²) in [6.45, 7) is 6.12. The first kappa shape index (κ1) is 20.0. The summed E-state index contributed by atoms with van der Waals surface area (Å²) in [5.74, 6) is 0.692. The number of pyridine rings is 1. The predicted octanol–water partition coefficient (Wildman–Crippen LogP) is 5.83. The molecule has 0 atom stereocenters. The van der Waals surface area contributed by atoms with E-state index in [2.05, 4.69) is 66.8 Å². The number of thiophene rings is 1. The van der Waals surface area contributed by atoms with Gasteiger partial charge in [-0.25, -0.2) is 15.0 Å². The van der Waals surface area contributed by atoms with Crippen molar-refractivity contribution in [2.24, 2.45) is 0 Å². The molecule has 0 aliphatic heterocycles. The molecule has 0 radical (unpaired) electrons. The third kappa shape index (κ3) is 4.16. The zero-order valence-electron chi connectivity index (χ0n) is 17.3. The summed E-state index contributed by atoms with van der Waals surface area (Å²) in [5.41, 5.74) is 6.27. The van der Waals surface area contributed by atoms with E-state index >= 15 is 0 Å². The van der Waals surface area contributed by atoms with Crippen LogP contribution >= 0.6 is 11.3 Å². The van der Waals surface area contributed by atoms with Crippen molar-refractivity contribution in [1.82, 2.24) is 24.9 Å². The fraction of sp³-hybridized carbons (Fsp3) is 0.217. The number of imidazole rings is 1. The lowest BCUT2D eigenvalue weighted by atomic mass is 10.1. The molecule has 1 aromatic carbocycles. The van der Waals surface area contributed by atoms with E-state index in [-0.39, 0.29) is 0 Å². The average molecular weight is 417 g/mol. The Morgan fingerprint density at radius 1 is 1.00 bits per heavy atom. The highest BCUT2D eigenvalue weighted by Crippen LogP contribution is 2.26. The summed E-state index contributed by atoms with van der Waals surface area (Å²) in [5, 5.41) is 6.66. The number of aryl methyl sites for hydroxylation is 3. The van der Waals surface area contributed by atoms with Gasteiger partial charge in [-0.3, -0.25) is 0 Å². The zero-order chi connectivity index (χ0) is 20.9. The average Bonchev–Trinajstić information content (AvgIpc) is 3.38. The van der Waals surface area contributed by atoms with Crippen LogP contribution in [0, 0.1) is 6.92 Å². The summed E-state index contributed by atoms with van der Waals surface area (Å²) in [7, 11) is 0. The summed E-state index contributed by atoms with van der Waals surface area (Å²) in [6, 6.07) is 12.3. The first-order valence-corrected chi connectivity index (χ1v) is 11.0. The van der Waals surface area contributed by atoms with Crippen molar-refractivity contribution < 1.29 is 0 Å². The van der Waals surface area contributed by atoms with Crippen LogP contribution in [-0.4, -0.2) is 24.9 Å². The Morgan fingerprint density at radius 3 is 2.63 bits per heavy atom. The van der Waals surface area contributed by atoms with E-state index < -0.39 is 0 Å². The predicted molar refractivity (Wildman–Crippen MR) is 125 cm³/mol. The standard InChI is InChI=1S/C21H18N6S.C2H6/c1-13-11-28-20-18(13)16(23-12-24-20)9-6-14-4-7-15(8-5-14)25-21-26-17-3-2-10-22-19(17)27-21;1-2/h2-5,7-8,10-12H,6,9H2,1H3,(H2,22,25,26,27);1-2H3. The van der Waals surface area contributed by atoms with Gasteiger partial charge in [0.25, 0.3) is 0 Å². The maximum atomic E-state index is 4.51. The van der Waals surface area contributed by atoms with E-state index in [0.717, 1.165) is 34.6 Å². The van der Waals surface area contributed by atoms with Crippen LogP contribution in [-0.2, 0) is 12.8 Å². The van der Waals surface area contributed by atoms with Crippen LogP contribution in [0.3, 0.4) is 0 Å². The highest BCUT2D eigenvalue weighted by Gasteiger charge is 2.09. The van der Waals surface area contributed by atoms with Gasteiger partial charge in [0.2, 0.25) is 5.95 Å². The molecule has 5 aromatic rings. The molecule has 0 aliphatic carbocycles. The van der Waals surface area contributed by atoms with E-state index in [1.54, 1.807) is 23.9 Å². The van der Waals surface area contributed by atoms with E-state index in [9.17, 15) is 0 Å². The SMILES string of the molecule is CC.Cc1csc2ncnc(CCc3ccc(Nc4nc5ncccc5[nH]4)cc3)c12. The fourth-order valence-corrected chi connectivity index (χ4v) is 4.25. The molecule has 0 fully saturated rings. The normalized spacial score (nSPS) is 10.8. The van der Waals surface area contributed by atoms with Crippen LogP contribution in [0.15, 0.2) is 54.3 Å². The second-order valence-corrected chi connectivity index (χ2v) is 7.56. The summed E-state index contributed by atoms with van der Waals surface area (Å²) in [4.78, 5) is 21.9. The number of nitrogens with zero attached hydrogens (tertiary/aromatic N) is 4. The Bertz CT molecular complexity index is 1220. The molecule has 5 rings (SSSR count). The van der Waals surface area contributed by atoms with E-state index in [4.69, 9.17) is 0 Å². The number of aromatic nitrogens is 5. The molecule has 2 N–H and O–H groups in total. The smallest absolute Gasteiger partial charge is 0.207 e. The maximum Gasteiger partial charge on any atom is 0.207 e. The number of nitrogens with one attached hydrogen (secondary N) is 2. The van der Waals surface area contributed by atoms with E-state index in [1.165, 1.54) is 16.5 Å². The number of aromatic amines is 1. The lowest BCUT2D eigenvalue weighted by molar-refractivity contribution is 0.917. The van der Waals surface area contributed by atoms with Gasteiger partial charge < -0.3 is 10.3 Å². The third-order valence-corrected chi connectivity index (χ3v) is 5.76. The number of hydrogen-bond acceptors (Lipinski definition) is 6. The van der Waals surface area contributed by atoms with Gasteiger partial charge in [0.05, 0.1) is 11.2 Å². The topological polar surface area (TPSA) is 79.4 Å². The molecule has 7 heteroatoms. The Morgan fingerprint density at radius 2 is 1.83 bits per heavy atom. The highest BCUT2D eigenvalue weighted by atomic mass is 32.1. The van der Waals surface area contributed by atoms with Crippen molar-refractivity contribution in [1.29, 1.82) is 0 Å². The van der Waals surface area contributed by atoms with Crippen LogP contribution in [0.25, 0.3) is 21.4 Å². The molecule has 0 aliphatic rings. The minimum atomic E-state index is 0.692. The molecule has 0 amide bonds. The number of rotatable bonds is 5. The van der Waals surface area contributed by atoms with Gasteiger partial charge in [0.1, 0.15) is 11.2 Å². The van der Waals surface area contributed by atoms with Gasteiger partial charge in [-0.1, -0.05) is 26.0 Å². The van der Waals surface area contributed by atoms with Crippen LogP contribution in [0.2, 0.25) is 0 Å². The van der Waals surface area contributed by atoms with Gasteiger partial charge in [0, 0.05) is 17.3 Å². The fourth-order valence-electron chi connectivity index (χ4n) is 3.34. The summed E-state index contributed by atoms with van der Waals surface area (Å²) >= 11 is 1.68. The largest absolute Gasteiger partial charge is 0.326 e. The van der Waals surface area contributed by atoms with Crippen molar-refractivity contribution in [3.63, 3.8) is 0 Å². The second kappa shape index (κ2) is 9.00. The van der Waals surface area contributed by atoms with Crippen molar-refractivity contribution in [3.8, 4) is 0 Å². The van der Waals surface area contributed by atoms with Crippen molar-refractivity contribution in [2.45, 2.75) is 33.6 Å². The van der Waals surface area contributed by atoms with E-state index in [0.29, 0.717) is 11.6 Å². The Labute approximate surface area is 179 Å². The van der Waals surface area contributed by atoms with Crippen molar-refractivity contribution >= 4 is 44.4 Å². The number of anilines is 2. The van der Waals surface area contributed by atoms with Crippen LogP contribution < -0.4 is 5.32 Å². The first-order valence-electron chi connectivity index (χ1n) is 10.1. The van der Waals surface area contributed by atoms with Crippen molar-refractivity contribution in [2.75, 3.05) is 5.32 Å². The zero-order valence-corrected chi connectivity index (χ0v) is 18.1. The van der Waals surface area contributed by atoms with Crippen LogP contribution in [0.4, 0.5) is 11.6 Å². The minimum Gasteiger partial charge on any atom is -0.326 e. The van der Waals surface area contributed by atoms with Crippen LogP contribution in [0.1, 0.15) is 30.7 Å². The third-order valence-electron chi connectivity index (χ3n) is 4.76. The van der Waals surface area contributed by atoms with Crippen molar-refractivity contribution in [3.05, 3.63) is 71.1 Å². The maximum absolute atomic E-state index is 4.51. The molecule has 30 heavy (non-hydrogen) atoms. The lowest BCUT2D eigenvalue weighted by Gasteiger charge is -2.06. The molecule has 152 valence electrons. The minimum absolute atomic E-state index is 0.692. The molecule has 0 saturated heterocycles. The van der Waals surface area contributed by atoms with Crippen LogP contribution in [0.5, 0.6) is 0 Å². The van der Waals surface area contributed by atoms with E-state index in [1.807, 2.05) is 26.0 Å². The number of hydrogen-bond donors (Lipinski definition) is 2. The molecule has 0 spiro atoms. The monoisotopic (exact) mass is 416 g/mol. The highest BCUT2D eigenvalue weighted by molar-refractivity contribution is 7.16. The number of fused-ring (bicyclic) bond motifs is 2. The van der Waals surface area contributed by atoms with Gasteiger partial charge in [-0.05, 0) is 60.5 Å². The number of benzene rings is 1. The lowest BCUT2D eigenvalue weighted by Crippen LogP contribution is -1.97. The Kier molecular flexibility index (Phi) is 5.99. The first-order chi connectivity index (χ1) is 14.8. The second-order valence-electron chi connectivity index (χ2n) is 6.70. The molecular formula is C23H24N6S. The van der Waals surface area contributed by atoms with Gasteiger partial charge in [-0.15, -0.1) is 11.3 Å². The molecule has 0 saturated carbocycles. The summed E-state index contributed by atoms with van der Waals surface area (Å²) < 4.78 is 0. The van der Waals surface area contributed by atoms with Gasteiger partial charge in [-0.2, -0.15) is 4.98 Å². The number of H-pyrrole nitrogens is 1. The Balaban J connectivity index is 0.00000106.